The lowest BCUT2D eigenvalue weighted by Gasteiger charge is -2.05. The molecule has 0 saturated heterocycles. The van der Waals surface area contributed by atoms with Gasteiger partial charge in [0, 0.05) is 4.47 Å². The summed E-state index contributed by atoms with van der Waals surface area (Å²) in [6.45, 7) is 1.54. The van der Waals surface area contributed by atoms with Gasteiger partial charge in [-0.2, -0.15) is 0 Å². The third-order valence-electron chi connectivity index (χ3n) is 2.47. The zero-order valence-electron chi connectivity index (χ0n) is 9.60. The van der Waals surface area contributed by atoms with Crippen LogP contribution < -0.4 is 0 Å². The fourth-order valence-electron chi connectivity index (χ4n) is 1.63. The average Bonchev–Trinajstić information content (AvgIpc) is 2.34. The molecular weight excluding hydrogens is 298 g/mol. The van der Waals surface area contributed by atoms with Crippen LogP contribution in [-0.4, -0.2) is 0 Å². The molecule has 3 heteroatoms. The van der Waals surface area contributed by atoms with E-state index < -0.39 is 11.6 Å². The van der Waals surface area contributed by atoms with Crippen LogP contribution in [0.2, 0.25) is 0 Å². The Morgan fingerprint density at radius 2 is 1.50 bits per heavy atom. The fourth-order valence-corrected chi connectivity index (χ4v) is 1.89. The van der Waals surface area contributed by atoms with E-state index in [1.807, 2.05) is 12.1 Å². The van der Waals surface area contributed by atoms with Crippen LogP contribution in [0.1, 0.15) is 12.5 Å². The van der Waals surface area contributed by atoms with Gasteiger partial charge in [0.05, 0.1) is 5.56 Å². The summed E-state index contributed by atoms with van der Waals surface area (Å²) < 4.78 is 28.3. The lowest BCUT2D eigenvalue weighted by atomic mass is 10.0. The summed E-state index contributed by atoms with van der Waals surface area (Å²) in [5, 5.41) is 0. The van der Waals surface area contributed by atoms with Crippen molar-refractivity contribution in [3.63, 3.8) is 0 Å². The molecule has 0 nitrogen and oxygen atoms in total. The molecule has 2 aromatic rings. The van der Waals surface area contributed by atoms with E-state index in [-0.39, 0.29) is 5.56 Å². The molecule has 0 saturated carbocycles. The highest BCUT2D eigenvalue weighted by Crippen LogP contribution is 2.25. The third-order valence-corrected chi connectivity index (χ3v) is 3.00. The molecule has 0 amide bonds. The molecule has 0 N–H and O–H groups in total. The summed E-state index contributed by atoms with van der Waals surface area (Å²) in [6, 6.07) is 9.83. The number of rotatable bonds is 1. The predicted molar refractivity (Wildman–Crippen MR) is 72.0 cm³/mol. The molecule has 18 heavy (non-hydrogen) atoms. The summed E-state index contributed by atoms with van der Waals surface area (Å²) >= 11 is 3.31. The second-order valence-corrected chi connectivity index (χ2v) is 4.61. The molecular formula is C15H9BrF2. The molecule has 0 aromatic heterocycles. The topological polar surface area (TPSA) is 0 Å². The Hall–Kier alpha value is -1.66. The normalized spacial score (nSPS) is 9.78. The number of benzene rings is 2. The van der Waals surface area contributed by atoms with Crippen LogP contribution in [0.4, 0.5) is 8.78 Å². The predicted octanol–water partition coefficient (Wildman–Crippen LogP) is 4.77. The van der Waals surface area contributed by atoms with E-state index in [1.165, 1.54) is 12.1 Å². The summed E-state index contributed by atoms with van der Waals surface area (Å²) in [7, 11) is 0. The fraction of sp³-hybridized carbons (Fsp3) is 0.0667. The zero-order chi connectivity index (χ0) is 13.1. The molecule has 0 bridgehead atoms. The van der Waals surface area contributed by atoms with Gasteiger partial charge in [-0.05, 0) is 42.3 Å². The van der Waals surface area contributed by atoms with Gasteiger partial charge in [0.25, 0.3) is 0 Å². The highest BCUT2D eigenvalue weighted by molar-refractivity contribution is 9.10. The Morgan fingerprint density at radius 3 is 2.00 bits per heavy atom. The van der Waals surface area contributed by atoms with Crippen LogP contribution in [0.3, 0.4) is 0 Å². The van der Waals surface area contributed by atoms with E-state index in [9.17, 15) is 8.78 Å². The van der Waals surface area contributed by atoms with Crippen LogP contribution in [-0.2, 0) is 0 Å². The maximum absolute atomic E-state index is 13.7. The van der Waals surface area contributed by atoms with E-state index in [2.05, 4.69) is 27.8 Å². The van der Waals surface area contributed by atoms with Gasteiger partial charge in [0.1, 0.15) is 11.6 Å². The van der Waals surface area contributed by atoms with Gasteiger partial charge < -0.3 is 0 Å². The Kier molecular flexibility index (Phi) is 3.78. The second kappa shape index (κ2) is 5.32. The highest BCUT2D eigenvalue weighted by Gasteiger charge is 2.10. The summed E-state index contributed by atoms with van der Waals surface area (Å²) in [5.74, 6) is 3.65. The molecule has 90 valence electrons. The first-order valence-corrected chi connectivity index (χ1v) is 6.09. The molecule has 0 radical (unpaired) electrons. The lowest BCUT2D eigenvalue weighted by Crippen LogP contribution is -1.92. The summed E-state index contributed by atoms with van der Waals surface area (Å²) in [6.07, 6.45) is 0. The Labute approximate surface area is 113 Å². The molecule has 0 spiro atoms. The van der Waals surface area contributed by atoms with E-state index >= 15 is 0 Å². The zero-order valence-corrected chi connectivity index (χ0v) is 11.2. The first-order chi connectivity index (χ1) is 8.61. The van der Waals surface area contributed by atoms with Crippen molar-refractivity contribution in [3.05, 3.63) is 58.1 Å². The first-order valence-electron chi connectivity index (χ1n) is 5.29. The molecule has 0 atom stereocenters. The molecule has 0 unspecified atom stereocenters. The van der Waals surface area contributed by atoms with E-state index in [0.29, 0.717) is 5.56 Å². The standard InChI is InChI=1S/C15H9BrF2/c1-2-3-13-14(17)8-11(9-15(13)18)10-4-6-12(16)7-5-10/h4-9H,1H3. The Balaban J connectivity index is 2.53. The van der Waals surface area contributed by atoms with E-state index in [0.717, 1.165) is 10.0 Å². The largest absolute Gasteiger partial charge is 0.205 e. The summed E-state index contributed by atoms with van der Waals surface area (Å²) in [4.78, 5) is 0. The van der Waals surface area contributed by atoms with Crippen LogP contribution in [0, 0.1) is 23.5 Å². The van der Waals surface area contributed by atoms with Crippen LogP contribution in [0.25, 0.3) is 11.1 Å². The monoisotopic (exact) mass is 306 g/mol. The number of hydrogen-bond acceptors (Lipinski definition) is 0. The minimum Gasteiger partial charge on any atom is -0.205 e. The van der Waals surface area contributed by atoms with Crippen molar-refractivity contribution in [2.24, 2.45) is 0 Å². The molecule has 0 aliphatic carbocycles. The van der Waals surface area contributed by atoms with Gasteiger partial charge in [-0.15, -0.1) is 5.92 Å². The van der Waals surface area contributed by atoms with E-state index in [4.69, 9.17) is 0 Å². The van der Waals surface area contributed by atoms with E-state index in [1.54, 1.807) is 19.1 Å². The van der Waals surface area contributed by atoms with Crippen molar-refractivity contribution in [2.45, 2.75) is 6.92 Å². The van der Waals surface area contributed by atoms with Crippen LogP contribution >= 0.6 is 15.9 Å². The number of hydrogen-bond donors (Lipinski definition) is 0. The smallest absolute Gasteiger partial charge is 0.142 e. The van der Waals surface area contributed by atoms with Crippen LogP contribution in [0.5, 0.6) is 0 Å². The summed E-state index contributed by atoms with van der Waals surface area (Å²) in [5.41, 5.74) is 1.07. The van der Waals surface area contributed by atoms with Crippen molar-refractivity contribution in [2.75, 3.05) is 0 Å². The molecule has 2 aromatic carbocycles. The van der Waals surface area contributed by atoms with Gasteiger partial charge in [0.15, 0.2) is 0 Å². The maximum atomic E-state index is 13.7. The lowest BCUT2D eigenvalue weighted by molar-refractivity contribution is 0.578. The molecule has 0 heterocycles. The van der Waals surface area contributed by atoms with Gasteiger partial charge in [-0.25, -0.2) is 8.78 Å². The highest BCUT2D eigenvalue weighted by atomic mass is 79.9. The minimum absolute atomic E-state index is 0.182. The Bertz CT molecular complexity index is 611. The van der Waals surface area contributed by atoms with Gasteiger partial charge in [0.2, 0.25) is 0 Å². The average molecular weight is 307 g/mol. The van der Waals surface area contributed by atoms with Gasteiger partial charge >= 0.3 is 0 Å². The quantitative estimate of drug-likeness (QED) is 0.666. The molecule has 2 rings (SSSR count). The number of halogens is 3. The minimum atomic E-state index is -0.637. The van der Waals surface area contributed by atoms with Crippen molar-refractivity contribution in [1.29, 1.82) is 0 Å². The molecule has 0 aliphatic rings. The third kappa shape index (κ3) is 2.60. The van der Waals surface area contributed by atoms with Crippen molar-refractivity contribution in [3.8, 4) is 23.0 Å². The van der Waals surface area contributed by atoms with Crippen molar-refractivity contribution in [1.82, 2.24) is 0 Å². The van der Waals surface area contributed by atoms with Gasteiger partial charge in [-0.3, -0.25) is 0 Å². The van der Waals surface area contributed by atoms with Crippen LogP contribution in [0.15, 0.2) is 40.9 Å². The van der Waals surface area contributed by atoms with Crippen molar-refractivity contribution < 1.29 is 8.78 Å². The molecule has 0 aliphatic heterocycles. The van der Waals surface area contributed by atoms with Gasteiger partial charge in [-0.1, -0.05) is 34.0 Å². The molecule has 0 fully saturated rings. The maximum Gasteiger partial charge on any atom is 0.142 e. The Morgan fingerprint density at radius 1 is 0.944 bits per heavy atom. The van der Waals surface area contributed by atoms with Crippen molar-refractivity contribution >= 4 is 15.9 Å². The SMILES string of the molecule is CC#Cc1c(F)cc(-c2ccc(Br)cc2)cc1F. The first kappa shape index (κ1) is 12.8. The second-order valence-electron chi connectivity index (χ2n) is 3.70.